The molecule has 0 bridgehead atoms. The molecule has 2 aromatic heterocycles. The summed E-state index contributed by atoms with van der Waals surface area (Å²) in [5.74, 6) is 0.188. The van der Waals surface area contributed by atoms with E-state index in [1.807, 2.05) is 43.5 Å². The lowest BCUT2D eigenvalue weighted by Crippen LogP contribution is -2.33. The highest BCUT2D eigenvalue weighted by atomic mass is 16.3. The van der Waals surface area contributed by atoms with Gasteiger partial charge in [0.1, 0.15) is 0 Å². The number of aryl methyl sites for hydroxylation is 3. The number of amides is 1. The van der Waals surface area contributed by atoms with Crippen molar-refractivity contribution in [1.29, 1.82) is 0 Å². The molecule has 1 aliphatic rings. The summed E-state index contributed by atoms with van der Waals surface area (Å²) in [7, 11) is 0. The van der Waals surface area contributed by atoms with Crippen LogP contribution in [0.15, 0.2) is 18.2 Å². The van der Waals surface area contributed by atoms with E-state index in [0.717, 1.165) is 34.7 Å². The van der Waals surface area contributed by atoms with Crippen LogP contribution in [0, 0.1) is 26.7 Å². The highest BCUT2D eigenvalue weighted by Crippen LogP contribution is 2.19. The molecule has 0 saturated carbocycles. The summed E-state index contributed by atoms with van der Waals surface area (Å²) >= 11 is 0. The first kappa shape index (κ1) is 16.6. The first-order valence-corrected chi connectivity index (χ1v) is 8.39. The molecule has 128 valence electrons. The van der Waals surface area contributed by atoms with Gasteiger partial charge in [-0.2, -0.15) is 5.10 Å². The molecule has 6 heteroatoms. The zero-order chi connectivity index (χ0) is 17.3. The van der Waals surface area contributed by atoms with Crippen LogP contribution < -0.4 is 5.32 Å². The summed E-state index contributed by atoms with van der Waals surface area (Å²) < 4.78 is 1.85. The maximum absolute atomic E-state index is 12.2. The fourth-order valence-corrected chi connectivity index (χ4v) is 3.34. The van der Waals surface area contributed by atoms with Gasteiger partial charge >= 0.3 is 0 Å². The van der Waals surface area contributed by atoms with Gasteiger partial charge in [0, 0.05) is 42.4 Å². The summed E-state index contributed by atoms with van der Waals surface area (Å²) in [5.41, 5.74) is 4.86. The summed E-state index contributed by atoms with van der Waals surface area (Å²) in [6.45, 7) is 6.09. The van der Waals surface area contributed by atoms with Gasteiger partial charge in [-0.05, 0) is 39.2 Å². The Morgan fingerprint density at radius 3 is 2.88 bits per heavy atom. The van der Waals surface area contributed by atoms with Crippen LogP contribution in [0.5, 0.6) is 0 Å². The van der Waals surface area contributed by atoms with Crippen molar-refractivity contribution in [2.45, 2.75) is 46.1 Å². The number of fused-ring (bicyclic) bond motifs is 1. The average molecular weight is 328 g/mol. The number of nitrogens with zero attached hydrogens (tertiary/aromatic N) is 3. The van der Waals surface area contributed by atoms with Crippen LogP contribution >= 0.6 is 0 Å². The van der Waals surface area contributed by atoms with Crippen LogP contribution in [0.3, 0.4) is 0 Å². The summed E-state index contributed by atoms with van der Waals surface area (Å²) in [6, 6.07) is 1.99. The van der Waals surface area contributed by atoms with E-state index in [0.29, 0.717) is 12.8 Å². The molecule has 0 saturated heterocycles. The number of hydrogen-bond donors (Lipinski definition) is 2. The Kier molecular flexibility index (Phi) is 4.66. The van der Waals surface area contributed by atoms with Crippen molar-refractivity contribution in [2.75, 3.05) is 6.61 Å². The number of aliphatic hydroxyl groups excluding tert-OH is 1. The van der Waals surface area contributed by atoms with E-state index in [2.05, 4.69) is 15.4 Å². The molecule has 0 aromatic carbocycles. The minimum absolute atomic E-state index is 0.0267. The van der Waals surface area contributed by atoms with Gasteiger partial charge in [-0.15, -0.1) is 0 Å². The highest BCUT2D eigenvalue weighted by Gasteiger charge is 2.20. The maximum Gasteiger partial charge on any atom is 0.220 e. The lowest BCUT2D eigenvalue weighted by Gasteiger charge is -2.14. The van der Waals surface area contributed by atoms with Gasteiger partial charge in [0.2, 0.25) is 5.91 Å². The molecule has 3 rings (SSSR count). The van der Waals surface area contributed by atoms with Crippen LogP contribution in [-0.2, 0) is 11.2 Å². The Balaban J connectivity index is 1.65. The van der Waals surface area contributed by atoms with Crippen molar-refractivity contribution < 1.29 is 9.90 Å². The number of hydrogen-bond acceptors (Lipinski definition) is 4. The van der Waals surface area contributed by atoms with Gasteiger partial charge in [0.15, 0.2) is 5.65 Å². The molecular formula is C18H24N4O2. The van der Waals surface area contributed by atoms with Crippen molar-refractivity contribution >= 4 is 11.6 Å². The Hall–Kier alpha value is -2.21. The van der Waals surface area contributed by atoms with Crippen LogP contribution in [0.25, 0.3) is 5.65 Å². The lowest BCUT2D eigenvalue weighted by atomic mass is 10.1. The summed E-state index contributed by atoms with van der Waals surface area (Å²) in [5, 5.41) is 16.6. The zero-order valence-corrected chi connectivity index (χ0v) is 14.4. The second kappa shape index (κ2) is 6.73. The van der Waals surface area contributed by atoms with Crippen LogP contribution in [0.4, 0.5) is 0 Å². The molecule has 2 N–H and O–H groups in total. The highest BCUT2D eigenvalue weighted by molar-refractivity contribution is 5.77. The fraction of sp³-hybridized carbons (Fsp3) is 0.500. The molecule has 2 aromatic rings. The van der Waals surface area contributed by atoms with Crippen LogP contribution in [-0.4, -0.2) is 38.3 Å². The van der Waals surface area contributed by atoms with E-state index in [9.17, 15) is 4.79 Å². The van der Waals surface area contributed by atoms with Crippen LogP contribution in [0.1, 0.15) is 35.5 Å². The van der Waals surface area contributed by atoms with Gasteiger partial charge in [0.05, 0.1) is 5.69 Å². The number of aliphatic hydroxyl groups is 1. The zero-order valence-electron chi connectivity index (χ0n) is 14.4. The van der Waals surface area contributed by atoms with Gasteiger partial charge in [-0.25, -0.2) is 9.50 Å². The average Bonchev–Trinajstić information content (AvgIpc) is 3.13. The van der Waals surface area contributed by atoms with Crippen molar-refractivity contribution in [3.05, 3.63) is 40.9 Å². The quantitative estimate of drug-likeness (QED) is 0.818. The SMILES string of the molecule is Cc1cc2nc(C)c(CCC(=O)N[C@@H]3C=C[C@H](CO)C3)c(C)n2n1. The molecule has 0 aliphatic heterocycles. The first-order chi connectivity index (χ1) is 11.5. The Morgan fingerprint density at radius 1 is 1.38 bits per heavy atom. The van der Waals surface area contributed by atoms with E-state index in [-0.39, 0.29) is 24.5 Å². The minimum Gasteiger partial charge on any atom is -0.396 e. The van der Waals surface area contributed by atoms with Crippen molar-refractivity contribution in [3.63, 3.8) is 0 Å². The fourth-order valence-electron chi connectivity index (χ4n) is 3.34. The third-order valence-electron chi connectivity index (χ3n) is 4.64. The van der Waals surface area contributed by atoms with E-state index < -0.39 is 0 Å². The largest absolute Gasteiger partial charge is 0.396 e. The minimum atomic E-state index is 0.0267. The smallest absolute Gasteiger partial charge is 0.220 e. The van der Waals surface area contributed by atoms with Crippen molar-refractivity contribution in [1.82, 2.24) is 19.9 Å². The summed E-state index contributed by atoms with van der Waals surface area (Å²) in [6.07, 6.45) is 5.78. The number of carbonyl (C=O) groups excluding carboxylic acids is 1. The monoisotopic (exact) mass is 328 g/mol. The Labute approximate surface area is 141 Å². The van der Waals surface area contributed by atoms with E-state index in [1.54, 1.807) is 0 Å². The number of nitrogens with one attached hydrogen (secondary N) is 1. The Morgan fingerprint density at radius 2 is 2.17 bits per heavy atom. The molecule has 0 radical (unpaired) electrons. The molecule has 2 atom stereocenters. The van der Waals surface area contributed by atoms with E-state index in [1.165, 1.54) is 0 Å². The molecule has 0 spiro atoms. The standard InChI is InChI=1S/C18H24N4O2/c1-11-8-17-19-12(2)16(13(3)22(17)21-11)6-7-18(24)20-15-5-4-14(9-15)10-23/h4-5,8,14-15,23H,6-7,9-10H2,1-3H3,(H,20,24)/t14-,15+/m0/s1. The second-order valence-corrected chi connectivity index (χ2v) is 6.55. The molecule has 2 heterocycles. The van der Waals surface area contributed by atoms with Gasteiger partial charge in [-0.1, -0.05) is 12.2 Å². The molecular weight excluding hydrogens is 304 g/mol. The van der Waals surface area contributed by atoms with E-state index >= 15 is 0 Å². The second-order valence-electron chi connectivity index (χ2n) is 6.55. The van der Waals surface area contributed by atoms with Gasteiger partial charge in [0.25, 0.3) is 0 Å². The topological polar surface area (TPSA) is 79.5 Å². The predicted octanol–water partition coefficient (Wildman–Crippen LogP) is 1.64. The molecule has 24 heavy (non-hydrogen) atoms. The summed E-state index contributed by atoms with van der Waals surface area (Å²) in [4.78, 5) is 16.8. The molecule has 0 unspecified atom stereocenters. The Bertz CT molecular complexity index is 794. The third kappa shape index (κ3) is 3.33. The van der Waals surface area contributed by atoms with Gasteiger partial charge in [-0.3, -0.25) is 4.79 Å². The predicted molar refractivity (Wildman–Crippen MR) is 91.8 cm³/mol. The van der Waals surface area contributed by atoms with Gasteiger partial charge < -0.3 is 10.4 Å². The number of carbonyl (C=O) groups is 1. The molecule has 1 aliphatic carbocycles. The van der Waals surface area contributed by atoms with Crippen molar-refractivity contribution in [3.8, 4) is 0 Å². The van der Waals surface area contributed by atoms with E-state index in [4.69, 9.17) is 5.11 Å². The first-order valence-electron chi connectivity index (χ1n) is 8.39. The van der Waals surface area contributed by atoms with Crippen molar-refractivity contribution in [2.24, 2.45) is 5.92 Å². The number of aromatic nitrogens is 3. The lowest BCUT2D eigenvalue weighted by molar-refractivity contribution is -0.121. The normalized spacial score (nSPS) is 20.0. The molecule has 6 nitrogen and oxygen atoms in total. The maximum atomic E-state index is 12.2. The van der Waals surface area contributed by atoms with Crippen LogP contribution in [0.2, 0.25) is 0 Å². The molecule has 0 fully saturated rings. The number of rotatable bonds is 5. The third-order valence-corrected chi connectivity index (χ3v) is 4.64. The molecule has 1 amide bonds.